The van der Waals surface area contributed by atoms with Gasteiger partial charge in [0.15, 0.2) is 6.10 Å². The van der Waals surface area contributed by atoms with Crippen LogP contribution in [0.15, 0.2) is 36.4 Å². The lowest BCUT2D eigenvalue weighted by molar-refractivity contribution is -0.122. The molecule has 6 heteroatoms. The maximum atomic E-state index is 12.6. The van der Waals surface area contributed by atoms with E-state index in [2.05, 4.69) is 19.2 Å². The van der Waals surface area contributed by atoms with Crippen molar-refractivity contribution in [1.29, 1.82) is 0 Å². The van der Waals surface area contributed by atoms with E-state index in [0.29, 0.717) is 27.9 Å². The van der Waals surface area contributed by atoms with Gasteiger partial charge in [-0.05, 0) is 61.2 Å². The lowest BCUT2D eigenvalue weighted by Crippen LogP contribution is -2.30. The summed E-state index contributed by atoms with van der Waals surface area (Å²) in [5, 5.41) is 3.10. The molecule has 28 heavy (non-hydrogen) atoms. The van der Waals surface area contributed by atoms with E-state index in [1.807, 2.05) is 25.1 Å². The Morgan fingerprint density at radius 1 is 1.07 bits per heavy atom. The molecule has 5 nitrogen and oxygen atoms in total. The van der Waals surface area contributed by atoms with Gasteiger partial charge in [0.05, 0.1) is 10.7 Å². The topological polar surface area (TPSA) is 58.6 Å². The number of nitrogens with one attached hydrogen (secondary N) is 1. The molecule has 0 radical (unpaired) electrons. The van der Waals surface area contributed by atoms with Crippen LogP contribution in [0.25, 0.3) is 0 Å². The number of anilines is 1. The van der Waals surface area contributed by atoms with Crippen LogP contribution in [0.1, 0.15) is 48.2 Å². The van der Waals surface area contributed by atoms with E-state index in [-0.39, 0.29) is 11.8 Å². The van der Waals surface area contributed by atoms with E-state index in [0.717, 1.165) is 5.56 Å². The number of hydrogen-bond acceptors (Lipinski definition) is 3. The van der Waals surface area contributed by atoms with Crippen LogP contribution in [0.5, 0.6) is 5.75 Å². The summed E-state index contributed by atoms with van der Waals surface area (Å²) < 4.78 is 5.79. The van der Waals surface area contributed by atoms with Gasteiger partial charge in [0.1, 0.15) is 5.75 Å². The number of carbonyl (C=O) groups excluding carboxylic acids is 2. The largest absolute Gasteiger partial charge is 0.481 e. The van der Waals surface area contributed by atoms with Gasteiger partial charge in [-0.1, -0.05) is 31.5 Å². The average molecular weight is 403 g/mol. The minimum absolute atomic E-state index is 0.169. The fourth-order valence-electron chi connectivity index (χ4n) is 2.87. The Bertz CT molecular complexity index is 878. The molecule has 2 aromatic rings. The van der Waals surface area contributed by atoms with Gasteiger partial charge in [-0.15, -0.1) is 0 Å². The van der Waals surface area contributed by atoms with Gasteiger partial charge in [-0.2, -0.15) is 0 Å². The van der Waals surface area contributed by atoms with Crippen molar-refractivity contribution in [2.75, 3.05) is 19.4 Å². The summed E-state index contributed by atoms with van der Waals surface area (Å²) in [6.07, 6.45) is -0.728. The highest BCUT2D eigenvalue weighted by Gasteiger charge is 2.18. The van der Waals surface area contributed by atoms with Crippen molar-refractivity contribution in [2.45, 2.75) is 39.7 Å². The number of aryl methyl sites for hydroxylation is 1. The zero-order chi connectivity index (χ0) is 21.0. The Balaban J connectivity index is 2.11. The Morgan fingerprint density at radius 3 is 2.32 bits per heavy atom. The summed E-state index contributed by atoms with van der Waals surface area (Å²) >= 11 is 6.18. The van der Waals surface area contributed by atoms with E-state index in [1.165, 1.54) is 10.5 Å². The lowest BCUT2D eigenvalue weighted by Gasteiger charge is -2.18. The maximum Gasteiger partial charge on any atom is 0.265 e. The first kappa shape index (κ1) is 21.8. The molecule has 0 aliphatic heterocycles. The molecule has 2 rings (SSSR count). The summed E-state index contributed by atoms with van der Waals surface area (Å²) in [6.45, 7) is 7.97. The van der Waals surface area contributed by atoms with Crippen molar-refractivity contribution < 1.29 is 14.3 Å². The molecular weight excluding hydrogens is 376 g/mol. The average Bonchev–Trinajstić information content (AvgIpc) is 2.62. The van der Waals surface area contributed by atoms with Crippen molar-refractivity contribution in [3.63, 3.8) is 0 Å². The molecule has 0 aliphatic carbocycles. The molecule has 0 bridgehead atoms. The van der Waals surface area contributed by atoms with Crippen molar-refractivity contribution in [2.24, 2.45) is 0 Å². The van der Waals surface area contributed by atoms with Crippen LogP contribution in [0.4, 0.5) is 5.69 Å². The van der Waals surface area contributed by atoms with E-state index < -0.39 is 6.10 Å². The normalized spacial score (nSPS) is 11.9. The quantitative estimate of drug-likeness (QED) is 0.749. The third-order valence-electron chi connectivity index (χ3n) is 4.42. The standard InChI is InChI=1S/C22H27ClN2O3/c1-13(2)18-9-8-17(11-14(18)3)28-15(4)21(26)24-20-12-16(7-10-19(20)23)22(27)25(5)6/h7-13,15H,1-6H3,(H,24,26). The number of amides is 2. The van der Waals surface area contributed by atoms with Crippen molar-refractivity contribution in [3.8, 4) is 5.75 Å². The molecule has 2 amide bonds. The van der Waals surface area contributed by atoms with E-state index in [4.69, 9.17) is 16.3 Å². The predicted molar refractivity (Wildman–Crippen MR) is 113 cm³/mol. The number of nitrogens with zero attached hydrogens (tertiary/aromatic N) is 1. The second-order valence-electron chi connectivity index (χ2n) is 7.32. The molecule has 1 atom stereocenters. The number of benzene rings is 2. The molecule has 0 aliphatic rings. The minimum atomic E-state index is -0.728. The van der Waals surface area contributed by atoms with Crippen LogP contribution in [0.2, 0.25) is 5.02 Å². The Labute approximate surface area is 171 Å². The number of ether oxygens (including phenoxy) is 1. The number of hydrogen-bond donors (Lipinski definition) is 1. The van der Waals surface area contributed by atoms with E-state index >= 15 is 0 Å². The first-order chi connectivity index (χ1) is 13.1. The van der Waals surface area contributed by atoms with Crippen molar-refractivity contribution in [3.05, 3.63) is 58.1 Å². The molecule has 0 saturated carbocycles. The van der Waals surface area contributed by atoms with Crippen molar-refractivity contribution >= 4 is 29.1 Å². The number of halogens is 1. The number of rotatable bonds is 6. The second-order valence-corrected chi connectivity index (χ2v) is 7.72. The van der Waals surface area contributed by atoms with Crippen LogP contribution in [0.3, 0.4) is 0 Å². The maximum absolute atomic E-state index is 12.6. The summed E-state index contributed by atoms with van der Waals surface area (Å²) in [4.78, 5) is 26.1. The fourth-order valence-corrected chi connectivity index (χ4v) is 3.04. The summed E-state index contributed by atoms with van der Waals surface area (Å²) in [5.74, 6) is 0.542. The van der Waals surface area contributed by atoms with Gasteiger partial charge in [-0.3, -0.25) is 9.59 Å². The highest BCUT2D eigenvalue weighted by atomic mass is 35.5. The zero-order valence-corrected chi connectivity index (χ0v) is 17.9. The Kier molecular flexibility index (Phi) is 7.08. The predicted octanol–water partition coefficient (Wildman–Crippen LogP) is 4.88. The van der Waals surface area contributed by atoms with Crippen molar-refractivity contribution in [1.82, 2.24) is 4.90 Å². The van der Waals surface area contributed by atoms with Gasteiger partial charge in [0.2, 0.25) is 0 Å². The fraction of sp³-hybridized carbons (Fsp3) is 0.364. The first-order valence-electron chi connectivity index (χ1n) is 9.19. The minimum Gasteiger partial charge on any atom is -0.481 e. The Morgan fingerprint density at radius 2 is 1.75 bits per heavy atom. The summed E-state index contributed by atoms with van der Waals surface area (Å²) in [6, 6.07) is 10.6. The molecular formula is C22H27ClN2O3. The van der Waals surface area contributed by atoms with Crippen LogP contribution >= 0.6 is 11.6 Å². The second kappa shape index (κ2) is 9.11. The molecule has 0 aromatic heterocycles. The van der Waals surface area contributed by atoms with E-state index in [9.17, 15) is 9.59 Å². The molecule has 2 aromatic carbocycles. The van der Waals surface area contributed by atoms with Crippen LogP contribution in [-0.2, 0) is 4.79 Å². The Hall–Kier alpha value is -2.53. The number of carbonyl (C=O) groups is 2. The highest BCUT2D eigenvalue weighted by molar-refractivity contribution is 6.34. The van der Waals surface area contributed by atoms with Crippen LogP contribution in [-0.4, -0.2) is 36.9 Å². The van der Waals surface area contributed by atoms with Gasteiger partial charge in [-0.25, -0.2) is 0 Å². The molecule has 0 saturated heterocycles. The lowest BCUT2D eigenvalue weighted by atomic mass is 9.98. The zero-order valence-electron chi connectivity index (χ0n) is 17.2. The van der Waals surface area contributed by atoms with Gasteiger partial charge >= 0.3 is 0 Å². The van der Waals surface area contributed by atoms with E-state index in [1.54, 1.807) is 39.2 Å². The highest BCUT2D eigenvalue weighted by Crippen LogP contribution is 2.26. The monoisotopic (exact) mass is 402 g/mol. The smallest absolute Gasteiger partial charge is 0.265 e. The summed E-state index contributed by atoms with van der Waals surface area (Å²) in [5.41, 5.74) is 3.19. The van der Waals surface area contributed by atoms with Crippen LogP contribution in [0, 0.1) is 6.92 Å². The first-order valence-corrected chi connectivity index (χ1v) is 9.57. The van der Waals surface area contributed by atoms with Gasteiger partial charge in [0.25, 0.3) is 11.8 Å². The molecule has 150 valence electrons. The third-order valence-corrected chi connectivity index (χ3v) is 4.75. The molecule has 0 fully saturated rings. The molecule has 0 heterocycles. The molecule has 0 spiro atoms. The SMILES string of the molecule is Cc1cc(OC(C)C(=O)Nc2cc(C(=O)N(C)C)ccc2Cl)ccc1C(C)C. The van der Waals surface area contributed by atoms with Crippen LogP contribution < -0.4 is 10.1 Å². The third kappa shape index (κ3) is 5.26. The van der Waals surface area contributed by atoms with Gasteiger partial charge in [0, 0.05) is 19.7 Å². The summed E-state index contributed by atoms with van der Waals surface area (Å²) in [7, 11) is 3.33. The molecule has 1 N–H and O–H groups in total. The van der Waals surface area contributed by atoms with Gasteiger partial charge < -0.3 is 15.0 Å². The molecule has 1 unspecified atom stereocenters.